The molecule has 1 atom stereocenters. The van der Waals surface area contributed by atoms with Crippen LogP contribution in [0, 0.1) is 0 Å². The van der Waals surface area contributed by atoms with E-state index in [4.69, 9.17) is 9.47 Å². The number of ether oxygens (including phenoxy) is 2. The summed E-state index contributed by atoms with van der Waals surface area (Å²) < 4.78 is 12.1. The number of likely N-dealkylation sites (tertiary alicyclic amines) is 1. The van der Waals surface area contributed by atoms with E-state index in [2.05, 4.69) is 10.3 Å². The van der Waals surface area contributed by atoms with Crippen LogP contribution in [0.4, 0.5) is 4.79 Å². The van der Waals surface area contributed by atoms with Gasteiger partial charge >= 0.3 is 6.03 Å². The van der Waals surface area contributed by atoms with Crippen LogP contribution in [-0.2, 0) is 16.1 Å². The lowest BCUT2D eigenvalue weighted by molar-refractivity contribution is -0.0246. The summed E-state index contributed by atoms with van der Waals surface area (Å²) in [5.74, 6) is 0. The molecule has 1 spiro atoms. The summed E-state index contributed by atoms with van der Waals surface area (Å²) in [7, 11) is 0. The van der Waals surface area contributed by atoms with Crippen LogP contribution in [0.1, 0.15) is 57.1 Å². The lowest BCUT2D eigenvalue weighted by atomic mass is 9.82. The molecule has 0 radical (unpaired) electrons. The maximum absolute atomic E-state index is 12.6. The Balaban J connectivity index is 1.18. The number of hydrogen-bond donors (Lipinski definition) is 1. The van der Waals surface area contributed by atoms with Gasteiger partial charge in [-0.1, -0.05) is 25.3 Å². The number of pyridine rings is 1. The number of hydrogen-bond acceptors (Lipinski definition) is 4. The van der Waals surface area contributed by atoms with Crippen LogP contribution in [0.15, 0.2) is 24.4 Å². The van der Waals surface area contributed by atoms with Gasteiger partial charge in [-0.3, -0.25) is 4.98 Å². The number of carbonyl (C=O) groups is 1. The van der Waals surface area contributed by atoms with Crippen molar-refractivity contribution in [2.75, 3.05) is 19.7 Å². The molecular formula is C21H31N3O3. The van der Waals surface area contributed by atoms with Gasteiger partial charge in [0.05, 0.1) is 36.7 Å². The van der Waals surface area contributed by atoms with E-state index in [1.54, 1.807) is 6.20 Å². The number of piperidine rings is 1. The highest BCUT2D eigenvalue weighted by Gasteiger charge is 2.41. The van der Waals surface area contributed by atoms with Crippen molar-refractivity contribution < 1.29 is 14.3 Å². The normalized spacial score (nSPS) is 25.6. The Morgan fingerprint density at radius 2 is 2.07 bits per heavy atom. The molecule has 3 heterocycles. The molecule has 2 aliphatic heterocycles. The van der Waals surface area contributed by atoms with E-state index in [1.165, 1.54) is 19.3 Å². The highest BCUT2D eigenvalue weighted by atomic mass is 16.5. The third-order valence-corrected chi connectivity index (χ3v) is 6.22. The highest BCUT2D eigenvalue weighted by molar-refractivity contribution is 5.74. The zero-order valence-corrected chi connectivity index (χ0v) is 16.1. The third-order valence-electron chi connectivity index (χ3n) is 6.22. The molecule has 148 valence electrons. The SMILES string of the molecule is O=C(NC1COC2(CCCCC2)C1)N1CCC(OCc2ccccn2)CC1. The molecule has 1 N–H and O–H groups in total. The van der Waals surface area contributed by atoms with Crippen molar-refractivity contribution in [3.05, 3.63) is 30.1 Å². The van der Waals surface area contributed by atoms with Crippen molar-refractivity contribution in [1.82, 2.24) is 15.2 Å². The average Bonchev–Trinajstić information content (AvgIpc) is 3.09. The number of aromatic nitrogens is 1. The number of carbonyl (C=O) groups excluding carboxylic acids is 1. The van der Waals surface area contributed by atoms with Crippen molar-refractivity contribution >= 4 is 6.03 Å². The first-order valence-corrected chi connectivity index (χ1v) is 10.4. The molecule has 6 nitrogen and oxygen atoms in total. The van der Waals surface area contributed by atoms with E-state index < -0.39 is 0 Å². The van der Waals surface area contributed by atoms with Gasteiger partial charge in [0.25, 0.3) is 0 Å². The number of amides is 2. The Morgan fingerprint density at radius 1 is 1.26 bits per heavy atom. The highest BCUT2D eigenvalue weighted by Crippen LogP contribution is 2.39. The van der Waals surface area contributed by atoms with E-state index in [0.29, 0.717) is 13.2 Å². The summed E-state index contributed by atoms with van der Waals surface area (Å²) in [6.07, 6.45) is 10.9. The Kier molecular flexibility index (Phi) is 5.93. The topological polar surface area (TPSA) is 63.7 Å². The van der Waals surface area contributed by atoms with Gasteiger partial charge in [0, 0.05) is 19.3 Å². The van der Waals surface area contributed by atoms with Gasteiger partial charge in [-0.25, -0.2) is 4.79 Å². The van der Waals surface area contributed by atoms with E-state index >= 15 is 0 Å². The second kappa shape index (κ2) is 8.57. The first-order valence-electron chi connectivity index (χ1n) is 10.4. The lowest BCUT2D eigenvalue weighted by Gasteiger charge is -2.33. The third kappa shape index (κ3) is 4.79. The fourth-order valence-electron chi connectivity index (χ4n) is 4.66. The standard InChI is InChI=1S/C21H31N3O3/c25-20(23-18-14-21(27-16-18)9-3-1-4-10-21)24-12-7-19(8-13-24)26-15-17-6-2-5-11-22-17/h2,5-6,11,18-19H,1,3-4,7-10,12-16H2,(H,23,25). The van der Waals surface area contributed by atoms with E-state index in [1.807, 2.05) is 23.1 Å². The average molecular weight is 373 g/mol. The fourth-order valence-corrected chi connectivity index (χ4v) is 4.66. The molecule has 0 bridgehead atoms. The summed E-state index contributed by atoms with van der Waals surface area (Å²) >= 11 is 0. The van der Waals surface area contributed by atoms with Gasteiger partial charge in [-0.2, -0.15) is 0 Å². The van der Waals surface area contributed by atoms with Crippen LogP contribution in [0.25, 0.3) is 0 Å². The van der Waals surface area contributed by atoms with Crippen LogP contribution in [-0.4, -0.2) is 53.4 Å². The Labute approximate surface area is 161 Å². The summed E-state index contributed by atoms with van der Waals surface area (Å²) in [5, 5.41) is 3.20. The zero-order valence-electron chi connectivity index (χ0n) is 16.1. The lowest BCUT2D eigenvalue weighted by Crippen LogP contribution is -2.49. The monoisotopic (exact) mass is 373 g/mol. The predicted octanol–water partition coefficient (Wildman–Crippen LogP) is 3.26. The van der Waals surface area contributed by atoms with E-state index in [0.717, 1.165) is 50.9 Å². The van der Waals surface area contributed by atoms with Crippen LogP contribution in [0.2, 0.25) is 0 Å². The van der Waals surface area contributed by atoms with Gasteiger partial charge in [-0.05, 0) is 44.2 Å². The molecule has 3 aliphatic rings. The molecule has 1 aromatic heterocycles. The van der Waals surface area contributed by atoms with Gasteiger partial charge in [0.15, 0.2) is 0 Å². The summed E-state index contributed by atoms with van der Waals surface area (Å²) in [4.78, 5) is 18.8. The predicted molar refractivity (Wildman–Crippen MR) is 102 cm³/mol. The van der Waals surface area contributed by atoms with Crippen molar-refractivity contribution in [2.45, 2.75) is 75.7 Å². The first-order chi connectivity index (χ1) is 13.2. The van der Waals surface area contributed by atoms with Gasteiger partial charge in [-0.15, -0.1) is 0 Å². The van der Waals surface area contributed by atoms with E-state index in [9.17, 15) is 4.79 Å². The van der Waals surface area contributed by atoms with Crippen LogP contribution in [0.3, 0.4) is 0 Å². The number of rotatable bonds is 4. The molecular weight excluding hydrogens is 342 g/mol. The van der Waals surface area contributed by atoms with E-state index in [-0.39, 0.29) is 23.8 Å². The van der Waals surface area contributed by atoms with Crippen molar-refractivity contribution in [3.63, 3.8) is 0 Å². The maximum atomic E-state index is 12.6. The van der Waals surface area contributed by atoms with Gasteiger partial charge in [0.1, 0.15) is 0 Å². The number of nitrogens with zero attached hydrogens (tertiary/aromatic N) is 2. The minimum atomic E-state index is 0.0442. The first kappa shape index (κ1) is 18.7. The second-order valence-corrected chi connectivity index (χ2v) is 8.22. The molecule has 1 unspecified atom stereocenters. The summed E-state index contributed by atoms with van der Waals surface area (Å²) in [5.41, 5.74) is 0.998. The molecule has 2 amide bonds. The number of nitrogens with one attached hydrogen (secondary N) is 1. The van der Waals surface area contributed by atoms with Crippen LogP contribution in [0.5, 0.6) is 0 Å². The molecule has 2 saturated heterocycles. The maximum Gasteiger partial charge on any atom is 0.317 e. The number of urea groups is 1. The van der Waals surface area contributed by atoms with Gasteiger partial charge in [0.2, 0.25) is 0 Å². The van der Waals surface area contributed by atoms with Crippen molar-refractivity contribution in [1.29, 1.82) is 0 Å². The zero-order chi connectivity index (χ0) is 18.5. The summed E-state index contributed by atoms with van der Waals surface area (Å²) in [6, 6.07) is 6.08. The Hall–Kier alpha value is -1.66. The Bertz CT molecular complexity index is 610. The largest absolute Gasteiger partial charge is 0.373 e. The molecule has 3 fully saturated rings. The molecule has 1 saturated carbocycles. The van der Waals surface area contributed by atoms with Crippen molar-refractivity contribution in [2.24, 2.45) is 0 Å². The smallest absolute Gasteiger partial charge is 0.317 e. The molecule has 1 aliphatic carbocycles. The fraction of sp³-hybridized carbons (Fsp3) is 0.714. The molecule has 4 rings (SSSR count). The van der Waals surface area contributed by atoms with Gasteiger partial charge < -0.3 is 19.7 Å². The molecule has 27 heavy (non-hydrogen) atoms. The minimum absolute atomic E-state index is 0.0442. The summed E-state index contributed by atoms with van der Waals surface area (Å²) in [6.45, 7) is 2.70. The molecule has 1 aromatic rings. The van der Waals surface area contributed by atoms with Crippen LogP contribution >= 0.6 is 0 Å². The minimum Gasteiger partial charge on any atom is -0.373 e. The molecule has 6 heteroatoms. The quantitative estimate of drug-likeness (QED) is 0.880. The van der Waals surface area contributed by atoms with Crippen LogP contribution < -0.4 is 5.32 Å². The van der Waals surface area contributed by atoms with Crippen molar-refractivity contribution in [3.8, 4) is 0 Å². The second-order valence-electron chi connectivity index (χ2n) is 8.22. The Morgan fingerprint density at radius 3 is 2.81 bits per heavy atom. The molecule has 0 aromatic carbocycles.